The zero-order valence-corrected chi connectivity index (χ0v) is 11.2. The van der Waals surface area contributed by atoms with Gasteiger partial charge in [0.05, 0.1) is 6.54 Å². The molecule has 0 radical (unpaired) electrons. The molecule has 96 valence electrons. The second-order valence-electron chi connectivity index (χ2n) is 5.51. The lowest BCUT2D eigenvalue weighted by Gasteiger charge is -2.31. The lowest BCUT2D eigenvalue weighted by Crippen LogP contribution is -2.41. The van der Waals surface area contributed by atoms with E-state index in [1.54, 1.807) is 0 Å². The van der Waals surface area contributed by atoms with Crippen LogP contribution in [0.1, 0.15) is 27.7 Å². The van der Waals surface area contributed by atoms with Crippen molar-refractivity contribution in [2.75, 3.05) is 6.54 Å². The van der Waals surface area contributed by atoms with Gasteiger partial charge >= 0.3 is 0 Å². The Kier molecular flexibility index (Phi) is 3.74. The maximum Gasteiger partial charge on any atom is 0.0743 e. The first kappa shape index (κ1) is 12.8. The monoisotopic (exact) mass is 236 g/mol. The maximum absolute atomic E-state index is 5.41. The standard InChI is InChI=1S/C13H24N4/c1-6-7-17-11(5)13(10(4)16-17)12-8(2)14-15-9(12)3/h1,8-16H,7H2,2-5H3. The summed E-state index contributed by atoms with van der Waals surface area (Å²) in [4.78, 5) is 0. The fourth-order valence-corrected chi connectivity index (χ4v) is 3.59. The Labute approximate surface area is 104 Å². The Morgan fingerprint density at radius 3 is 2.12 bits per heavy atom. The third-order valence-corrected chi connectivity index (χ3v) is 4.39. The molecule has 5 atom stereocenters. The second kappa shape index (κ2) is 4.95. The molecule has 4 nitrogen and oxygen atoms in total. The van der Waals surface area contributed by atoms with Gasteiger partial charge in [-0.3, -0.25) is 16.3 Å². The van der Waals surface area contributed by atoms with Gasteiger partial charge in [0.2, 0.25) is 0 Å². The number of hydrogen-bond acceptors (Lipinski definition) is 4. The molecular weight excluding hydrogens is 212 g/mol. The quantitative estimate of drug-likeness (QED) is 0.605. The van der Waals surface area contributed by atoms with E-state index in [0.29, 0.717) is 42.5 Å². The molecule has 0 aliphatic carbocycles. The van der Waals surface area contributed by atoms with E-state index >= 15 is 0 Å². The van der Waals surface area contributed by atoms with Crippen molar-refractivity contribution in [3.05, 3.63) is 0 Å². The number of terminal acetylenes is 1. The van der Waals surface area contributed by atoms with E-state index in [2.05, 4.69) is 54.9 Å². The van der Waals surface area contributed by atoms with Crippen LogP contribution in [0.2, 0.25) is 0 Å². The average molecular weight is 236 g/mol. The largest absolute Gasteiger partial charge is 0.254 e. The predicted octanol–water partition coefficient (Wildman–Crippen LogP) is 0.334. The summed E-state index contributed by atoms with van der Waals surface area (Å²) in [5, 5.41) is 2.20. The van der Waals surface area contributed by atoms with Crippen molar-refractivity contribution < 1.29 is 0 Å². The highest BCUT2D eigenvalue weighted by Crippen LogP contribution is 2.34. The summed E-state index contributed by atoms with van der Waals surface area (Å²) in [5.41, 5.74) is 10.2. The van der Waals surface area contributed by atoms with Gasteiger partial charge in [0.25, 0.3) is 0 Å². The van der Waals surface area contributed by atoms with Crippen molar-refractivity contribution in [2.45, 2.75) is 51.9 Å². The van der Waals surface area contributed by atoms with Gasteiger partial charge in [-0.2, -0.15) is 0 Å². The minimum Gasteiger partial charge on any atom is -0.254 e. The van der Waals surface area contributed by atoms with Gasteiger partial charge in [-0.25, -0.2) is 5.01 Å². The third kappa shape index (κ3) is 2.21. The van der Waals surface area contributed by atoms with Crippen molar-refractivity contribution in [3.63, 3.8) is 0 Å². The number of nitrogens with one attached hydrogen (secondary N) is 3. The van der Waals surface area contributed by atoms with Crippen LogP contribution in [0.15, 0.2) is 0 Å². The van der Waals surface area contributed by atoms with Crippen LogP contribution in [0.25, 0.3) is 0 Å². The van der Waals surface area contributed by atoms with Crippen LogP contribution in [0.5, 0.6) is 0 Å². The highest BCUT2D eigenvalue weighted by Gasteiger charge is 2.46. The second-order valence-corrected chi connectivity index (χ2v) is 5.51. The van der Waals surface area contributed by atoms with Crippen molar-refractivity contribution in [1.29, 1.82) is 0 Å². The Morgan fingerprint density at radius 2 is 1.59 bits per heavy atom. The first-order valence-electron chi connectivity index (χ1n) is 6.53. The fraction of sp³-hybridized carbons (Fsp3) is 0.846. The van der Waals surface area contributed by atoms with Crippen LogP contribution in [0, 0.1) is 24.2 Å². The van der Waals surface area contributed by atoms with Gasteiger partial charge in [-0.15, -0.1) is 6.42 Å². The Balaban J connectivity index is 2.13. The molecule has 3 N–H and O–H groups in total. The highest BCUT2D eigenvalue weighted by molar-refractivity contribution is 5.02. The first-order chi connectivity index (χ1) is 8.06. The third-order valence-electron chi connectivity index (χ3n) is 4.39. The number of nitrogens with zero attached hydrogens (tertiary/aromatic N) is 1. The summed E-state index contributed by atoms with van der Waals surface area (Å²) in [6, 6.07) is 1.98. The average Bonchev–Trinajstić information content (AvgIpc) is 2.72. The van der Waals surface area contributed by atoms with Crippen LogP contribution >= 0.6 is 0 Å². The molecular formula is C13H24N4. The number of rotatable bonds is 2. The van der Waals surface area contributed by atoms with Gasteiger partial charge < -0.3 is 0 Å². The molecule has 0 aromatic rings. The Bertz CT molecular complexity index is 301. The van der Waals surface area contributed by atoms with Gasteiger partial charge in [-0.1, -0.05) is 5.92 Å². The summed E-state index contributed by atoms with van der Waals surface area (Å²) in [5.74, 6) is 3.98. The molecule has 2 aliphatic rings. The molecule has 0 spiro atoms. The number of hydrogen-bond donors (Lipinski definition) is 3. The fourth-order valence-electron chi connectivity index (χ4n) is 3.59. The minimum absolute atomic E-state index is 0.481. The summed E-state index contributed by atoms with van der Waals surface area (Å²) in [7, 11) is 0. The van der Waals surface area contributed by atoms with E-state index in [9.17, 15) is 0 Å². The Morgan fingerprint density at radius 1 is 1.00 bits per heavy atom. The lowest BCUT2D eigenvalue weighted by atomic mass is 9.77. The number of hydrazine groups is 2. The van der Waals surface area contributed by atoms with Gasteiger partial charge in [0.1, 0.15) is 0 Å². The van der Waals surface area contributed by atoms with E-state index in [-0.39, 0.29) is 0 Å². The van der Waals surface area contributed by atoms with Gasteiger partial charge in [-0.05, 0) is 39.5 Å². The smallest absolute Gasteiger partial charge is 0.0743 e. The molecule has 0 bridgehead atoms. The molecule has 2 fully saturated rings. The Hall–Kier alpha value is -0.600. The van der Waals surface area contributed by atoms with Crippen LogP contribution in [0.4, 0.5) is 0 Å². The minimum atomic E-state index is 0.481. The molecule has 2 rings (SSSR count). The SMILES string of the molecule is C#CCN1NC(C)C(C2C(C)NNC2C)C1C. The van der Waals surface area contributed by atoms with Crippen LogP contribution in [-0.4, -0.2) is 35.7 Å². The molecule has 0 aromatic heterocycles. The van der Waals surface area contributed by atoms with Crippen LogP contribution < -0.4 is 16.3 Å². The zero-order chi connectivity index (χ0) is 12.6. The van der Waals surface area contributed by atoms with Crippen LogP contribution in [0.3, 0.4) is 0 Å². The van der Waals surface area contributed by atoms with Crippen molar-refractivity contribution in [3.8, 4) is 12.3 Å². The summed E-state index contributed by atoms with van der Waals surface area (Å²) < 4.78 is 0. The summed E-state index contributed by atoms with van der Waals surface area (Å²) in [6.07, 6.45) is 5.41. The van der Waals surface area contributed by atoms with Crippen molar-refractivity contribution in [1.82, 2.24) is 21.3 Å². The van der Waals surface area contributed by atoms with Gasteiger partial charge in [0, 0.05) is 24.2 Å². The van der Waals surface area contributed by atoms with Crippen LogP contribution in [-0.2, 0) is 0 Å². The normalized spacial score (nSPS) is 47.2. The van der Waals surface area contributed by atoms with E-state index < -0.39 is 0 Å². The van der Waals surface area contributed by atoms with Gasteiger partial charge in [0.15, 0.2) is 0 Å². The summed E-state index contributed by atoms with van der Waals surface area (Å²) in [6.45, 7) is 9.72. The first-order valence-corrected chi connectivity index (χ1v) is 6.53. The van der Waals surface area contributed by atoms with E-state index in [1.807, 2.05) is 0 Å². The van der Waals surface area contributed by atoms with E-state index in [0.717, 1.165) is 0 Å². The molecule has 17 heavy (non-hydrogen) atoms. The molecule has 4 heteroatoms. The molecule has 2 heterocycles. The molecule has 0 saturated carbocycles. The predicted molar refractivity (Wildman–Crippen MR) is 69.8 cm³/mol. The molecule has 0 amide bonds. The summed E-state index contributed by atoms with van der Waals surface area (Å²) >= 11 is 0. The maximum atomic E-state index is 5.41. The topological polar surface area (TPSA) is 39.3 Å². The molecule has 0 aromatic carbocycles. The van der Waals surface area contributed by atoms with E-state index in [4.69, 9.17) is 6.42 Å². The highest BCUT2D eigenvalue weighted by atomic mass is 15.6. The van der Waals surface area contributed by atoms with E-state index in [1.165, 1.54) is 0 Å². The molecule has 2 aliphatic heterocycles. The zero-order valence-electron chi connectivity index (χ0n) is 11.2. The van der Waals surface area contributed by atoms with Crippen molar-refractivity contribution >= 4 is 0 Å². The lowest BCUT2D eigenvalue weighted by molar-refractivity contribution is 0.182. The molecule has 5 unspecified atom stereocenters. The molecule has 2 saturated heterocycles. The van der Waals surface area contributed by atoms with Crippen molar-refractivity contribution in [2.24, 2.45) is 11.8 Å².